The standard InChI is InChI=1S/C23H30N4O5S2/c1-17(2)16-32-21-9-4-18(14-22(21)30-3)15-24-26-23(33)25-19-5-7-20(8-6-19)34(28,29)27-10-12-31-13-11-27/h4-9,14-15,17H,10-13,16H2,1-3H3,(H2,25,26,33). The number of benzene rings is 2. The minimum atomic E-state index is -3.53. The quantitative estimate of drug-likeness (QED) is 0.304. The van der Waals surface area contributed by atoms with Crippen molar-refractivity contribution in [3.05, 3.63) is 48.0 Å². The highest BCUT2D eigenvalue weighted by atomic mass is 32.2. The van der Waals surface area contributed by atoms with Crippen molar-refractivity contribution in [2.75, 3.05) is 45.3 Å². The first kappa shape index (κ1) is 25.9. The van der Waals surface area contributed by atoms with Crippen molar-refractivity contribution in [3.8, 4) is 11.5 Å². The van der Waals surface area contributed by atoms with Crippen LogP contribution in [0.3, 0.4) is 0 Å². The molecule has 1 heterocycles. The van der Waals surface area contributed by atoms with Gasteiger partial charge in [0.2, 0.25) is 10.0 Å². The number of anilines is 1. The molecule has 2 N–H and O–H groups in total. The zero-order valence-corrected chi connectivity index (χ0v) is 21.1. The zero-order valence-electron chi connectivity index (χ0n) is 19.5. The van der Waals surface area contributed by atoms with E-state index in [9.17, 15) is 8.42 Å². The van der Waals surface area contributed by atoms with Gasteiger partial charge in [0.1, 0.15) is 0 Å². The van der Waals surface area contributed by atoms with E-state index in [1.807, 2.05) is 18.2 Å². The van der Waals surface area contributed by atoms with Gasteiger partial charge in [-0.3, -0.25) is 5.43 Å². The van der Waals surface area contributed by atoms with Crippen LogP contribution in [0, 0.1) is 5.92 Å². The van der Waals surface area contributed by atoms with Gasteiger partial charge in [-0.05, 0) is 66.2 Å². The highest BCUT2D eigenvalue weighted by Crippen LogP contribution is 2.28. The van der Waals surface area contributed by atoms with E-state index in [4.69, 9.17) is 26.4 Å². The van der Waals surface area contributed by atoms with Gasteiger partial charge in [0.05, 0.1) is 38.0 Å². The summed E-state index contributed by atoms with van der Waals surface area (Å²) in [5.74, 6) is 1.71. The number of thiocarbonyl (C=S) groups is 1. The second-order valence-corrected chi connectivity index (χ2v) is 10.3. The summed E-state index contributed by atoms with van der Waals surface area (Å²) in [6.45, 7) is 6.28. The lowest BCUT2D eigenvalue weighted by atomic mass is 10.2. The van der Waals surface area contributed by atoms with E-state index in [1.165, 1.54) is 4.31 Å². The highest BCUT2D eigenvalue weighted by molar-refractivity contribution is 7.89. The molecule has 0 bridgehead atoms. The molecule has 184 valence electrons. The average Bonchev–Trinajstić information content (AvgIpc) is 2.84. The molecule has 0 atom stereocenters. The fourth-order valence-corrected chi connectivity index (χ4v) is 4.69. The Morgan fingerprint density at radius 1 is 1.18 bits per heavy atom. The Hall–Kier alpha value is -2.73. The van der Waals surface area contributed by atoms with Crippen LogP contribution >= 0.6 is 12.2 Å². The number of methoxy groups -OCH3 is 1. The summed E-state index contributed by atoms with van der Waals surface area (Å²) in [4.78, 5) is 0.228. The van der Waals surface area contributed by atoms with Crippen molar-refractivity contribution >= 4 is 39.3 Å². The van der Waals surface area contributed by atoms with Crippen molar-refractivity contribution in [1.29, 1.82) is 0 Å². The SMILES string of the molecule is COc1cc(C=NNC(=S)Nc2ccc(S(=O)(=O)N3CCOCC3)cc2)ccc1OCC(C)C. The van der Waals surface area contributed by atoms with Crippen LogP contribution in [0.4, 0.5) is 5.69 Å². The second-order valence-electron chi connectivity index (χ2n) is 7.98. The predicted molar refractivity (Wildman–Crippen MR) is 136 cm³/mol. The maximum absolute atomic E-state index is 12.7. The third-order valence-electron chi connectivity index (χ3n) is 4.86. The molecular weight excluding hydrogens is 476 g/mol. The molecule has 1 fully saturated rings. The number of hydrogen-bond acceptors (Lipinski definition) is 7. The first-order chi connectivity index (χ1) is 16.3. The molecule has 0 unspecified atom stereocenters. The second kappa shape index (κ2) is 12.1. The van der Waals surface area contributed by atoms with E-state index in [-0.39, 0.29) is 10.0 Å². The van der Waals surface area contributed by atoms with Crippen LogP contribution in [0.15, 0.2) is 52.5 Å². The zero-order chi connectivity index (χ0) is 24.6. The fourth-order valence-electron chi connectivity index (χ4n) is 3.11. The van der Waals surface area contributed by atoms with Gasteiger partial charge in [-0.2, -0.15) is 9.41 Å². The van der Waals surface area contributed by atoms with E-state index in [0.29, 0.717) is 56.0 Å². The molecule has 0 amide bonds. The van der Waals surface area contributed by atoms with E-state index < -0.39 is 10.0 Å². The Bertz CT molecular complexity index is 1100. The number of nitrogens with one attached hydrogen (secondary N) is 2. The van der Waals surface area contributed by atoms with E-state index >= 15 is 0 Å². The number of sulfonamides is 1. The lowest BCUT2D eigenvalue weighted by Crippen LogP contribution is -2.40. The molecule has 34 heavy (non-hydrogen) atoms. The van der Waals surface area contributed by atoms with Crippen LogP contribution < -0.4 is 20.2 Å². The summed E-state index contributed by atoms with van der Waals surface area (Å²) in [6.07, 6.45) is 1.61. The van der Waals surface area contributed by atoms with Crippen molar-refractivity contribution < 1.29 is 22.6 Å². The summed E-state index contributed by atoms with van der Waals surface area (Å²) in [7, 11) is -1.94. The van der Waals surface area contributed by atoms with Crippen molar-refractivity contribution in [1.82, 2.24) is 9.73 Å². The highest BCUT2D eigenvalue weighted by Gasteiger charge is 2.26. The minimum absolute atomic E-state index is 0.228. The van der Waals surface area contributed by atoms with Crippen LogP contribution in [0.5, 0.6) is 11.5 Å². The number of hydrazone groups is 1. The first-order valence-electron chi connectivity index (χ1n) is 10.9. The number of rotatable bonds is 9. The molecule has 0 aliphatic carbocycles. The summed E-state index contributed by atoms with van der Waals surface area (Å²) in [6, 6.07) is 11.9. The van der Waals surface area contributed by atoms with E-state index in [2.05, 4.69) is 29.7 Å². The monoisotopic (exact) mass is 506 g/mol. The minimum Gasteiger partial charge on any atom is -0.493 e. The Kier molecular flexibility index (Phi) is 9.22. The third kappa shape index (κ3) is 7.13. The number of nitrogens with zero attached hydrogens (tertiary/aromatic N) is 2. The Balaban J connectivity index is 1.54. The molecule has 2 aromatic carbocycles. The summed E-state index contributed by atoms with van der Waals surface area (Å²) in [5.41, 5.74) is 4.19. The number of ether oxygens (including phenoxy) is 3. The van der Waals surface area contributed by atoms with Crippen LogP contribution in [0.2, 0.25) is 0 Å². The van der Waals surface area contributed by atoms with Gasteiger partial charge >= 0.3 is 0 Å². The molecule has 2 aromatic rings. The van der Waals surface area contributed by atoms with Gasteiger partial charge in [-0.25, -0.2) is 8.42 Å². The lowest BCUT2D eigenvalue weighted by molar-refractivity contribution is 0.0730. The Labute approximate surface area is 206 Å². The van der Waals surface area contributed by atoms with Gasteiger partial charge in [-0.1, -0.05) is 13.8 Å². The maximum Gasteiger partial charge on any atom is 0.243 e. The lowest BCUT2D eigenvalue weighted by Gasteiger charge is -2.26. The van der Waals surface area contributed by atoms with Crippen molar-refractivity contribution in [3.63, 3.8) is 0 Å². The van der Waals surface area contributed by atoms with E-state index in [1.54, 1.807) is 37.6 Å². The predicted octanol–water partition coefficient (Wildman–Crippen LogP) is 3.07. The average molecular weight is 507 g/mol. The molecule has 0 radical (unpaired) electrons. The third-order valence-corrected chi connectivity index (χ3v) is 6.97. The van der Waals surface area contributed by atoms with Gasteiger partial charge in [0, 0.05) is 18.8 Å². The van der Waals surface area contributed by atoms with Crippen molar-refractivity contribution in [2.24, 2.45) is 11.0 Å². The molecule has 0 aromatic heterocycles. The van der Waals surface area contributed by atoms with Crippen LogP contribution in [-0.2, 0) is 14.8 Å². The number of morpholine rings is 1. The van der Waals surface area contributed by atoms with Gasteiger partial charge in [0.25, 0.3) is 0 Å². The smallest absolute Gasteiger partial charge is 0.243 e. The van der Waals surface area contributed by atoms with Crippen LogP contribution in [-0.4, -0.2) is 64.1 Å². The Morgan fingerprint density at radius 2 is 1.88 bits per heavy atom. The van der Waals surface area contributed by atoms with Gasteiger partial charge in [0.15, 0.2) is 16.6 Å². The summed E-state index contributed by atoms with van der Waals surface area (Å²) >= 11 is 5.27. The van der Waals surface area contributed by atoms with Crippen LogP contribution in [0.1, 0.15) is 19.4 Å². The maximum atomic E-state index is 12.7. The molecule has 3 rings (SSSR count). The normalized spacial score (nSPS) is 14.8. The molecule has 1 saturated heterocycles. The van der Waals surface area contributed by atoms with Crippen LogP contribution in [0.25, 0.3) is 0 Å². The van der Waals surface area contributed by atoms with Crippen molar-refractivity contribution in [2.45, 2.75) is 18.7 Å². The van der Waals surface area contributed by atoms with Gasteiger partial charge < -0.3 is 19.5 Å². The van der Waals surface area contributed by atoms with Gasteiger partial charge in [-0.15, -0.1) is 0 Å². The first-order valence-corrected chi connectivity index (χ1v) is 12.7. The molecule has 1 aliphatic rings. The van der Waals surface area contributed by atoms with E-state index in [0.717, 1.165) is 5.56 Å². The topological polar surface area (TPSA) is 101 Å². The molecule has 9 nitrogen and oxygen atoms in total. The molecule has 0 spiro atoms. The fraction of sp³-hybridized carbons (Fsp3) is 0.391. The number of hydrogen-bond donors (Lipinski definition) is 2. The largest absolute Gasteiger partial charge is 0.493 e. The molecular formula is C23H30N4O5S2. The Morgan fingerprint density at radius 3 is 2.53 bits per heavy atom. The molecule has 1 aliphatic heterocycles. The summed E-state index contributed by atoms with van der Waals surface area (Å²) in [5, 5.41) is 7.39. The molecule has 0 saturated carbocycles. The summed E-state index contributed by atoms with van der Waals surface area (Å²) < 4.78 is 43.2. The molecule has 11 heteroatoms.